The molecule has 0 bridgehead atoms. The summed E-state index contributed by atoms with van der Waals surface area (Å²) in [7, 11) is -3.39. The summed E-state index contributed by atoms with van der Waals surface area (Å²) >= 11 is 0. The third kappa shape index (κ3) is 9.94. The average Bonchev–Trinajstić information content (AvgIpc) is 2.76. The molecular weight excluding hydrogens is 406 g/mol. The van der Waals surface area contributed by atoms with Crippen LogP contribution in [0.15, 0.2) is 36.4 Å². The van der Waals surface area contributed by atoms with Crippen LogP contribution < -0.4 is 4.72 Å². The normalized spacial score (nSPS) is 11.8. The van der Waals surface area contributed by atoms with E-state index in [0.29, 0.717) is 22.9 Å². The molecule has 2 aromatic carbocycles. The maximum absolute atomic E-state index is 12.5. The summed E-state index contributed by atoms with van der Waals surface area (Å²) in [6, 6.07) is 10.4. The van der Waals surface area contributed by atoms with Gasteiger partial charge in [-0.25, -0.2) is 8.42 Å². The summed E-state index contributed by atoms with van der Waals surface area (Å²) in [5.41, 5.74) is 0.527. The molecule has 0 aliphatic carbocycles. The fourth-order valence-corrected chi connectivity index (χ4v) is 5.28. The van der Waals surface area contributed by atoms with Crippen molar-refractivity contribution < 1.29 is 13.5 Å². The van der Waals surface area contributed by atoms with Crippen molar-refractivity contribution in [3.05, 3.63) is 36.4 Å². The van der Waals surface area contributed by atoms with Crippen LogP contribution in [0.1, 0.15) is 96.8 Å². The molecule has 4 nitrogen and oxygen atoms in total. The van der Waals surface area contributed by atoms with Crippen LogP contribution in [0.4, 0.5) is 5.69 Å². The summed E-state index contributed by atoms with van der Waals surface area (Å²) in [5.74, 6) is 0.297. The lowest BCUT2D eigenvalue weighted by Gasteiger charge is -2.11. The van der Waals surface area contributed by atoms with Gasteiger partial charge in [-0.2, -0.15) is 0 Å². The molecule has 5 heteroatoms. The molecule has 0 aliphatic rings. The molecule has 2 aromatic rings. The molecule has 0 fully saturated rings. The highest BCUT2D eigenvalue weighted by molar-refractivity contribution is 7.92. The van der Waals surface area contributed by atoms with Gasteiger partial charge >= 0.3 is 0 Å². The maximum Gasteiger partial charge on any atom is 0.232 e. The van der Waals surface area contributed by atoms with Gasteiger partial charge in [0, 0.05) is 10.8 Å². The molecule has 2 rings (SSSR count). The predicted octanol–water partition coefficient (Wildman–Crippen LogP) is 7.77. The Morgan fingerprint density at radius 1 is 0.677 bits per heavy atom. The zero-order valence-corrected chi connectivity index (χ0v) is 20.1. The van der Waals surface area contributed by atoms with E-state index in [9.17, 15) is 13.5 Å². The van der Waals surface area contributed by atoms with Gasteiger partial charge in [0.25, 0.3) is 0 Å². The zero-order valence-electron chi connectivity index (χ0n) is 19.2. The number of rotatable bonds is 17. The minimum atomic E-state index is -3.39. The van der Waals surface area contributed by atoms with E-state index < -0.39 is 10.0 Å². The van der Waals surface area contributed by atoms with E-state index in [0.717, 1.165) is 12.8 Å². The molecule has 174 valence electrons. The highest BCUT2D eigenvalue weighted by Gasteiger charge is 2.13. The van der Waals surface area contributed by atoms with E-state index in [-0.39, 0.29) is 11.5 Å². The largest absolute Gasteiger partial charge is 0.507 e. The van der Waals surface area contributed by atoms with Crippen molar-refractivity contribution in [2.75, 3.05) is 10.5 Å². The number of unbranched alkanes of at least 4 members (excludes halogenated alkanes) is 13. The minimum absolute atomic E-state index is 0.139. The van der Waals surface area contributed by atoms with Crippen LogP contribution in [0, 0.1) is 0 Å². The summed E-state index contributed by atoms with van der Waals surface area (Å²) < 4.78 is 27.6. The van der Waals surface area contributed by atoms with Crippen LogP contribution in [-0.2, 0) is 10.0 Å². The Morgan fingerprint density at radius 2 is 1.16 bits per heavy atom. The van der Waals surface area contributed by atoms with Crippen molar-refractivity contribution in [3.8, 4) is 5.75 Å². The Bertz CT molecular complexity index is 864. The molecular formula is C26H41NO3S. The summed E-state index contributed by atoms with van der Waals surface area (Å²) in [6.07, 6.45) is 17.5. The second-order valence-electron chi connectivity index (χ2n) is 8.69. The third-order valence-electron chi connectivity index (χ3n) is 5.93. The van der Waals surface area contributed by atoms with Crippen LogP contribution in [-0.4, -0.2) is 19.3 Å². The molecule has 0 heterocycles. The van der Waals surface area contributed by atoms with Gasteiger partial charge in [-0.3, -0.25) is 4.72 Å². The van der Waals surface area contributed by atoms with Gasteiger partial charge < -0.3 is 5.11 Å². The van der Waals surface area contributed by atoms with E-state index in [2.05, 4.69) is 11.6 Å². The van der Waals surface area contributed by atoms with E-state index in [1.54, 1.807) is 12.1 Å². The van der Waals surface area contributed by atoms with Gasteiger partial charge in [-0.05, 0) is 18.6 Å². The summed E-state index contributed by atoms with van der Waals surface area (Å²) in [6.45, 7) is 2.26. The maximum atomic E-state index is 12.5. The van der Waals surface area contributed by atoms with Gasteiger partial charge in [-0.1, -0.05) is 115 Å². The number of hydrogen-bond acceptors (Lipinski definition) is 3. The molecule has 0 saturated heterocycles. The Morgan fingerprint density at radius 3 is 1.71 bits per heavy atom. The topological polar surface area (TPSA) is 66.4 Å². The second kappa shape index (κ2) is 14.3. The standard InChI is InChI=1S/C26H41NO3S/c1-2-3-4-5-6-7-8-9-10-11-12-13-14-17-22-31(29,30)27-25-20-21-26(28)24-19-16-15-18-23(24)25/h15-16,18-21,27-28H,2-14,17,22H2,1H3. The molecule has 0 atom stereocenters. The fraction of sp³-hybridized carbons (Fsp3) is 0.615. The van der Waals surface area contributed by atoms with Gasteiger partial charge in [0.15, 0.2) is 0 Å². The van der Waals surface area contributed by atoms with E-state index in [1.807, 2.05) is 18.2 Å². The zero-order chi connectivity index (χ0) is 22.4. The number of aromatic hydroxyl groups is 1. The number of fused-ring (bicyclic) bond motifs is 1. The van der Waals surface area contributed by atoms with Crippen molar-refractivity contribution in [2.45, 2.75) is 96.8 Å². The molecule has 0 aliphatic heterocycles. The van der Waals surface area contributed by atoms with Crippen LogP contribution >= 0.6 is 0 Å². The average molecular weight is 448 g/mol. The molecule has 0 amide bonds. The van der Waals surface area contributed by atoms with Gasteiger partial charge in [0.05, 0.1) is 11.4 Å². The number of sulfonamides is 1. The van der Waals surface area contributed by atoms with Gasteiger partial charge in [-0.15, -0.1) is 0 Å². The van der Waals surface area contributed by atoms with Gasteiger partial charge in [0.2, 0.25) is 10.0 Å². The molecule has 0 spiro atoms. The first-order chi connectivity index (χ1) is 15.0. The minimum Gasteiger partial charge on any atom is -0.507 e. The first kappa shape index (κ1) is 25.5. The molecule has 0 saturated carbocycles. The van der Waals surface area contributed by atoms with Gasteiger partial charge in [0.1, 0.15) is 5.75 Å². The van der Waals surface area contributed by atoms with E-state index >= 15 is 0 Å². The van der Waals surface area contributed by atoms with Crippen molar-refractivity contribution in [2.24, 2.45) is 0 Å². The van der Waals surface area contributed by atoms with Crippen molar-refractivity contribution in [3.63, 3.8) is 0 Å². The lowest BCUT2D eigenvalue weighted by atomic mass is 10.0. The lowest BCUT2D eigenvalue weighted by Crippen LogP contribution is -2.16. The smallest absolute Gasteiger partial charge is 0.232 e. The van der Waals surface area contributed by atoms with Crippen molar-refractivity contribution in [1.29, 1.82) is 0 Å². The van der Waals surface area contributed by atoms with Crippen LogP contribution in [0.5, 0.6) is 5.75 Å². The first-order valence-electron chi connectivity index (χ1n) is 12.2. The predicted molar refractivity (Wildman–Crippen MR) is 133 cm³/mol. The second-order valence-corrected chi connectivity index (χ2v) is 10.5. The van der Waals surface area contributed by atoms with Crippen molar-refractivity contribution in [1.82, 2.24) is 0 Å². The van der Waals surface area contributed by atoms with E-state index in [4.69, 9.17) is 0 Å². The Balaban J connectivity index is 1.55. The number of anilines is 1. The first-order valence-corrected chi connectivity index (χ1v) is 13.9. The van der Waals surface area contributed by atoms with Crippen LogP contribution in [0.3, 0.4) is 0 Å². The van der Waals surface area contributed by atoms with Crippen LogP contribution in [0.2, 0.25) is 0 Å². The van der Waals surface area contributed by atoms with Crippen molar-refractivity contribution >= 4 is 26.5 Å². The highest BCUT2D eigenvalue weighted by atomic mass is 32.2. The molecule has 31 heavy (non-hydrogen) atoms. The molecule has 0 aromatic heterocycles. The quantitative estimate of drug-likeness (QED) is 0.192. The Labute approximate surface area is 189 Å². The number of phenols is 1. The number of phenolic OH excluding ortho intramolecular Hbond substituents is 1. The van der Waals surface area contributed by atoms with Crippen LogP contribution in [0.25, 0.3) is 10.8 Å². The monoisotopic (exact) mass is 447 g/mol. The molecule has 2 N–H and O–H groups in total. The summed E-state index contributed by atoms with van der Waals surface area (Å²) in [4.78, 5) is 0. The Kier molecular flexibility index (Phi) is 11.8. The molecule has 0 unspecified atom stereocenters. The summed E-state index contributed by atoms with van der Waals surface area (Å²) in [5, 5.41) is 11.3. The fourth-order valence-electron chi connectivity index (χ4n) is 4.08. The number of benzene rings is 2. The highest BCUT2D eigenvalue weighted by Crippen LogP contribution is 2.31. The third-order valence-corrected chi connectivity index (χ3v) is 7.29. The number of hydrogen-bond donors (Lipinski definition) is 2. The number of nitrogens with one attached hydrogen (secondary N) is 1. The molecule has 0 radical (unpaired) electrons. The van der Waals surface area contributed by atoms with E-state index in [1.165, 1.54) is 76.7 Å². The lowest BCUT2D eigenvalue weighted by molar-refractivity contribution is 0.481. The SMILES string of the molecule is CCCCCCCCCCCCCCCCS(=O)(=O)Nc1ccc(O)c2ccccc12. The Hall–Kier alpha value is -1.75.